The Labute approximate surface area is 93.0 Å². The Balaban J connectivity index is 2.77. The van der Waals surface area contributed by atoms with Gasteiger partial charge in [0.25, 0.3) is 0 Å². The molecule has 0 aromatic rings. The standard InChI is InChI=1S/C12H24N2O/c1-11(2,3)9(13)10(15)14-8-6-7-12(14,4)5/h9H,6-8,13H2,1-5H3/t9-/m1/s1. The van der Waals surface area contributed by atoms with Crippen LogP contribution in [0.2, 0.25) is 0 Å². The number of hydrogen-bond donors (Lipinski definition) is 1. The number of carbonyl (C=O) groups is 1. The van der Waals surface area contributed by atoms with Crippen molar-refractivity contribution >= 4 is 5.91 Å². The van der Waals surface area contributed by atoms with Gasteiger partial charge in [-0.1, -0.05) is 20.8 Å². The summed E-state index contributed by atoms with van der Waals surface area (Å²) in [6.45, 7) is 11.1. The number of amides is 1. The van der Waals surface area contributed by atoms with Crippen LogP contribution in [0, 0.1) is 5.41 Å². The van der Waals surface area contributed by atoms with Gasteiger partial charge >= 0.3 is 0 Å². The average Bonchev–Trinajstić information content (AvgIpc) is 2.41. The molecule has 1 rings (SSSR count). The quantitative estimate of drug-likeness (QED) is 0.720. The lowest BCUT2D eigenvalue weighted by atomic mass is 9.86. The Hall–Kier alpha value is -0.570. The van der Waals surface area contributed by atoms with Crippen LogP contribution in [0.5, 0.6) is 0 Å². The summed E-state index contributed by atoms with van der Waals surface area (Å²) in [6, 6.07) is -0.394. The van der Waals surface area contributed by atoms with Gasteiger partial charge in [0.05, 0.1) is 6.04 Å². The highest BCUT2D eigenvalue weighted by molar-refractivity contribution is 5.83. The van der Waals surface area contributed by atoms with Crippen LogP contribution in [-0.4, -0.2) is 28.9 Å². The number of hydrogen-bond acceptors (Lipinski definition) is 2. The summed E-state index contributed by atoms with van der Waals surface area (Å²) in [5, 5.41) is 0. The van der Waals surface area contributed by atoms with Gasteiger partial charge < -0.3 is 10.6 Å². The maximum Gasteiger partial charge on any atom is 0.240 e. The molecule has 15 heavy (non-hydrogen) atoms. The van der Waals surface area contributed by atoms with Crippen LogP contribution in [0.1, 0.15) is 47.5 Å². The molecule has 1 atom stereocenters. The molecule has 2 N–H and O–H groups in total. The van der Waals surface area contributed by atoms with Crippen LogP contribution in [0.3, 0.4) is 0 Å². The van der Waals surface area contributed by atoms with E-state index in [1.165, 1.54) is 0 Å². The van der Waals surface area contributed by atoms with Crippen molar-refractivity contribution in [1.82, 2.24) is 4.90 Å². The van der Waals surface area contributed by atoms with E-state index in [1.54, 1.807) is 0 Å². The first-order valence-corrected chi connectivity index (χ1v) is 5.73. The van der Waals surface area contributed by atoms with Crippen LogP contribution in [-0.2, 0) is 4.79 Å². The van der Waals surface area contributed by atoms with Gasteiger partial charge in [-0.2, -0.15) is 0 Å². The summed E-state index contributed by atoms with van der Waals surface area (Å²) in [6.07, 6.45) is 2.17. The van der Waals surface area contributed by atoms with Gasteiger partial charge in [0.1, 0.15) is 0 Å². The first-order valence-electron chi connectivity index (χ1n) is 5.73. The molecule has 0 aliphatic carbocycles. The summed E-state index contributed by atoms with van der Waals surface area (Å²) in [4.78, 5) is 14.2. The Bertz CT molecular complexity index is 253. The van der Waals surface area contributed by atoms with E-state index in [0.717, 1.165) is 19.4 Å². The minimum absolute atomic E-state index is 0.0139. The number of nitrogens with zero attached hydrogens (tertiary/aromatic N) is 1. The van der Waals surface area contributed by atoms with E-state index in [4.69, 9.17) is 5.73 Å². The van der Waals surface area contributed by atoms with Crippen molar-refractivity contribution in [3.05, 3.63) is 0 Å². The Morgan fingerprint density at radius 3 is 2.27 bits per heavy atom. The Morgan fingerprint density at radius 1 is 1.40 bits per heavy atom. The molecular weight excluding hydrogens is 188 g/mol. The van der Waals surface area contributed by atoms with E-state index in [9.17, 15) is 4.79 Å². The maximum atomic E-state index is 12.2. The zero-order valence-corrected chi connectivity index (χ0v) is 10.6. The minimum atomic E-state index is -0.394. The molecule has 0 saturated carbocycles. The smallest absolute Gasteiger partial charge is 0.240 e. The Kier molecular flexibility index (Phi) is 3.15. The normalized spacial score (nSPS) is 22.9. The van der Waals surface area contributed by atoms with Crippen molar-refractivity contribution in [2.24, 2.45) is 11.1 Å². The SMILES string of the molecule is CC(C)(C)[C@H](N)C(=O)N1CCCC1(C)C. The van der Waals surface area contributed by atoms with E-state index >= 15 is 0 Å². The first-order chi connectivity index (χ1) is 6.66. The van der Waals surface area contributed by atoms with Crippen molar-refractivity contribution in [1.29, 1.82) is 0 Å². The summed E-state index contributed by atoms with van der Waals surface area (Å²) in [7, 11) is 0. The lowest BCUT2D eigenvalue weighted by molar-refractivity contribution is -0.138. The predicted octanol–water partition coefficient (Wildman–Crippen LogP) is 1.76. The fourth-order valence-corrected chi connectivity index (χ4v) is 2.05. The molecule has 0 unspecified atom stereocenters. The highest BCUT2D eigenvalue weighted by atomic mass is 16.2. The molecule has 1 saturated heterocycles. The predicted molar refractivity (Wildman–Crippen MR) is 62.5 cm³/mol. The van der Waals surface area contributed by atoms with Gasteiger partial charge in [-0.3, -0.25) is 4.79 Å². The number of carbonyl (C=O) groups excluding carboxylic acids is 1. The van der Waals surface area contributed by atoms with Crippen molar-refractivity contribution in [2.45, 2.75) is 59.0 Å². The largest absolute Gasteiger partial charge is 0.336 e. The molecule has 0 spiro atoms. The van der Waals surface area contributed by atoms with Gasteiger partial charge in [-0.05, 0) is 32.1 Å². The molecule has 1 aliphatic rings. The van der Waals surface area contributed by atoms with Crippen LogP contribution < -0.4 is 5.73 Å². The van der Waals surface area contributed by atoms with Gasteiger partial charge in [0.2, 0.25) is 5.91 Å². The fraction of sp³-hybridized carbons (Fsp3) is 0.917. The molecule has 1 amide bonds. The van der Waals surface area contributed by atoms with E-state index in [2.05, 4.69) is 13.8 Å². The number of likely N-dealkylation sites (tertiary alicyclic amines) is 1. The lowest BCUT2D eigenvalue weighted by Crippen LogP contribution is -2.54. The monoisotopic (exact) mass is 212 g/mol. The van der Waals surface area contributed by atoms with Crippen molar-refractivity contribution < 1.29 is 4.79 Å². The number of rotatable bonds is 1. The summed E-state index contributed by atoms with van der Waals surface area (Å²) in [5.74, 6) is 0.102. The van der Waals surface area contributed by atoms with E-state index < -0.39 is 6.04 Å². The molecule has 1 heterocycles. The lowest BCUT2D eigenvalue weighted by Gasteiger charge is -2.37. The third kappa shape index (κ3) is 2.51. The molecule has 0 aromatic heterocycles. The van der Waals surface area contributed by atoms with Crippen LogP contribution in [0.4, 0.5) is 0 Å². The third-order valence-corrected chi connectivity index (χ3v) is 3.37. The second-order valence-corrected chi connectivity index (χ2v) is 6.25. The van der Waals surface area contributed by atoms with E-state index in [1.807, 2.05) is 25.7 Å². The second-order valence-electron chi connectivity index (χ2n) is 6.25. The van der Waals surface area contributed by atoms with Gasteiger partial charge in [-0.15, -0.1) is 0 Å². The molecule has 3 nitrogen and oxygen atoms in total. The van der Waals surface area contributed by atoms with E-state index in [-0.39, 0.29) is 16.9 Å². The van der Waals surface area contributed by atoms with Crippen LogP contribution >= 0.6 is 0 Å². The second kappa shape index (κ2) is 3.78. The van der Waals surface area contributed by atoms with Crippen LogP contribution in [0.25, 0.3) is 0 Å². The summed E-state index contributed by atoms with van der Waals surface area (Å²) in [5.41, 5.74) is 5.83. The van der Waals surface area contributed by atoms with Gasteiger partial charge in [-0.25, -0.2) is 0 Å². The minimum Gasteiger partial charge on any atom is -0.336 e. The third-order valence-electron chi connectivity index (χ3n) is 3.37. The molecular formula is C12H24N2O. The molecule has 88 valence electrons. The molecule has 1 fully saturated rings. The number of nitrogens with two attached hydrogens (primary N) is 1. The van der Waals surface area contributed by atoms with Gasteiger partial charge in [0.15, 0.2) is 0 Å². The summed E-state index contributed by atoms with van der Waals surface area (Å²) >= 11 is 0. The molecule has 1 aliphatic heterocycles. The molecule has 0 bridgehead atoms. The fourth-order valence-electron chi connectivity index (χ4n) is 2.05. The molecule has 0 radical (unpaired) electrons. The highest BCUT2D eigenvalue weighted by Gasteiger charge is 2.40. The summed E-state index contributed by atoms with van der Waals surface area (Å²) < 4.78 is 0. The molecule has 3 heteroatoms. The topological polar surface area (TPSA) is 46.3 Å². The van der Waals surface area contributed by atoms with Crippen molar-refractivity contribution in [2.75, 3.05) is 6.54 Å². The Morgan fingerprint density at radius 2 is 1.93 bits per heavy atom. The maximum absolute atomic E-state index is 12.2. The van der Waals surface area contributed by atoms with Crippen LogP contribution in [0.15, 0.2) is 0 Å². The van der Waals surface area contributed by atoms with E-state index in [0.29, 0.717) is 0 Å². The van der Waals surface area contributed by atoms with Gasteiger partial charge in [0, 0.05) is 12.1 Å². The first kappa shape index (κ1) is 12.5. The average molecular weight is 212 g/mol. The van der Waals surface area contributed by atoms with Crippen molar-refractivity contribution in [3.63, 3.8) is 0 Å². The molecule has 0 aromatic carbocycles. The zero-order chi connectivity index (χ0) is 11.9. The van der Waals surface area contributed by atoms with Crippen molar-refractivity contribution in [3.8, 4) is 0 Å². The zero-order valence-electron chi connectivity index (χ0n) is 10.6. The highest BCUT2D eigenvalue weighted by Crippen LogP contribution is 2.30.